The van der Waals surface area contributed by atoms with Crippen LogP contribution in [0.3, 0.4) is 0 Å². The maximum atomic E-state index is 12.4. The number of carboxylic acids is 1. The van der Waals surface area contributed by atoms with E-state index in [4.69, 9.17) is 0 Å². The lowest BCUT2D eigenvalue weighted by Crippen LogP contribution is -2.28. The summed E-state index contributed by atoms with van der Waals surface area (Å²) in [4.78, 5) is 23.7. The maximum absolute atomic E-state index is 12.4. The minimum absolute atomic E-state index is 0.161. The van der Waals surface area contributed by atoms with Gasteiger partial charge in [0.05, 0.1) is 5.41 Å². The quantitative estimate of drug-likeness (QED) is 0.899. The Hall–Kier alpha value is -2.62. The first-order valence-electron chi connectivity index (χ1n) is 7.45. The zero-order valence-corrected chi connectivity index (χ0v) is 13.8. The molecule has 0 unspecified atom stereocenters. The third-order valence-electron chi connectivity index (χ3n) is 4.11. The van der Waals surface area contributed by atoms with Gasteiger partial charge in [0, 0.05) is 11.3 Å². The minimum Gasteiger partial charge on any atom is -0.481 e. The Kier molecular flexibility index (Phi) is 4.55. The van der Waals surface area contributed by atoms with Crippen LogP contribution in [0.15, 0.2) is 42.5 Å². The molecule has 2 aromatic carbocycles. The fourth-order valence-corrected chi connectivity index (χ4v) is 2.46. The van der Waals surface area contributed by atoms with Crippen LogP contribution in [0.2, 0.25) is 0 Å². The lowest BCUT2D eigenvalue weighted by atomic mass is 9.85. The van der Waals surface area contributed by atoms with Crippen LogP contribution in [0.4, 0.5) is 5.69 Å². The Morgan fingerprint density at radius 3 is 1.96 bits per heavy atom. The molecule has 0 aliphatic rings. The Balaban J connectivity index is 2.22. The molecule has 4 heteroatoms. The van der Waals surface area contributed by atoms with Gasteiger partial charge in [-0.3, -0.25) is 9.59 Å². The van der Waals surface area contributed by atoms with Gasteiger partial charge in [0.15, 0.2) is 0 Å². The molecule has 4 nitrogen and oxygen atoms in total. The largest absolute Gasteiger partial charge is 0.481 e. The van der Waals surface area contributed by atoms with Crippen LogP contribution in [0.5, 0.6) is 0 Å². The van der Waals surface area contributed by atoms with Crippen LogP contribution in [-0.4, -0.2) is 17.0 Å². The first-order chi connectivity index (χ1) is 10.7. The summed E-state index contributed by atoms with van der Waals surface area (Å²) < 4.78 is 0. The first kappa shape index (κ1) is 16.7. The van der Waals surface area contributed by atoms with E-state index < -0.39 is 11.4 Å². The average Bonchev–Trinajstić information content (AvgIpc) is 2.47. The molecule has 0 saturated heterocycles. The van der Waals surface area contributed by atoms with E-state index in [0.717, 1.165) is 11.1 Å². The fraction of sp³-hybridized carbons (Fsp3) is 0.263. The molecule has 23 heavy (non-hydrogen) atoms. The predicted octanol–water partition coefficient (Wildman–Crippen LogP) is 3.92. The number of carboxylic acid groups (broad SMARTS) is 1. The van der Waals surface area contributed by atoms with E-state index in [1.165, 1.54) is 0 Å². The standard InChI is InChI=1S/C19H21NO3/c1-12-6-5-7-13(2)16(12)17(21)20-15-10-8-14(9-11-15)19(3,4)18(22)23/h5-11H,1-4H3,(H,20,21)(H,22,23). The van der Waals surface area contributed by atoms with E-state index >= 15 is 0 Å². The molecule has 0 atom stereocenters. The highest BCUT2D eigenvalue weighted by atomic mass is 16.4. The second-order valence-corrected chi connectivity index (χ2v) is 6.23. The molecule has 0 heterocycles. The normalized spacial score (nSPS) is 11.1. The van der Waals surface area contributed by atoms with Crippen LogP contribution in [-0.2, 0) is 10.2 Å². The average molecular weight is 311 g/mol. The number of carbonyl (C=O) groups is 2. The third-order valence-corrected chi connectivity index (χ3v) is 4.11. The summed E-state index contributed by atoms with van der Waals surface area (Å²) in [7, 11) is 0. The minimum atomic E-state index is -0.963. The number of aryl methyl sites for hydroxylation is 2. The number of benzene rings is 2. The molecule has 0 aliphatic heterocycles. The van der Waals surface area contributed by atoms with Crippen molar-refractivity contribution in [2.24, 2.45) is 0 Å². The predicted molar refractivity (Wildman–Crippen MR) is 91.0 cm³/mol. The van der Waals surface area contributed by atoms with Crippen LogP contribution in [0.1, 0.15) is 40.9 Å². The summed E-state index contributed by atoms with van der Waals surface area (Å²) in [6, 6.07) is 12.6. The van der Waals surface area contributed by atoms with E-state index in [9.17, 15) is 14.7 Å². The van der Waals surface area contributed by atoms with Crippen LogP contribution in [0.25, 0.3) is 0 Å². The molecular formula is C19H21NO3. The highest BCUT2D eigenvalue weighted by Gasteiger charge is 2.29. The lowest BCUT2D eigenvalue weighted by Gasteiger charge is -2.20. The highest BCUT2D eigenvalue weighted by Crippen LogP contribution is 2.25. The van der Waals surface area contributed by atoms with E-state index in [-0.39, 0.29) is 5.91 Å². The van der Waals surface area contributed by atoms with Crippen molar-refractivity contribution in [3.8, 4) is 0 Å². The van der Waals surface area contributed by atoms with Crippen molar-refractivity contribution in [1.29, 1.82) is 0 Å². The number of amides is 1. The molecule has 0 fully saturated rings. The number of aliphatic carboxylic acids is 1. The summed E-state index contributed by atoms with van der Waals surface area (Å²) in [5.74, 6) is -1.05. The molecule has 120 valence electrons. The second-order valence-electron chi connectivity index (χ2n) is 6.23. The van der Waals surface area contributed by atoms with Crippen LogP contribution >= 0.6 is 0 Å². The Morgan fingerprint density at radius 2 is 1.48 bits per heavy atom. The molecule has 0 bridgehead atoms. The van der Waals surface area contributed by atoms with Crippen molar-refractivity contribution in [1.82, 2.24) is 0 Å². The van der Waals surface area contributed by atoms with Gasteiger partial charge in [-0.2, -0.15) is 0 Å². The van der Waals surface area contributed by atoms with E-state index in [0.29, 0.717) is 16.8 Å². The summed E-state index contributed by atoms with van der Waals surface area (Å²) in [6.45, 7) is 7.11. The molecule has 1 amide bonds. The Labute approximate surface area is 136 Å². The number of carbonyl (C=O) groups excluding carboxylic acids is 1. The van der Waals surface area contributed by atoms with Gasteiger partial charge in [-0.25, -0.2) is 0 Å². The van der Waals surface area contributed by atoms with Crippen molar-refractivity contribution in [3.05, 3.63) is 64.7 Å². The lowest BCUT2D eigenvalue weighted by molar-refractivity contribution is -0.142. The summed E-state index contributed by atoms with van der Waals surface area (Å²) in [6.07, 6.45) is 0. The summed E-state index contributed by atoms with van der Waals surface area (Å²) >= 11 is 0. The molecule has 0 aromatic heterocycles. The summed E-state index contributed by atoms with van der Waals surface area (Å²) in [5, 5.41) is 12.1. The fourth-order valence-electron chi connectivity index (χ4n) is 2.46. The zero-order chi connectivity index (χ0) is 17.2. The highest BCUT2D eigenvalue weighted by molar-refractivity contribution is 6.06. The number of rotatable bonds is 4. The van der Waals surface area contributed by atoms with Gasteiger partial charge in [0.1, 0.15) is 0 Å². The van der Waals surface area contributed by atoms with E-state index in [1.54, 1.807) is 38.1 Å². The van der Waals surface area contributed by atoms with Gasteiger partial charge in [-0.1, -0.05) is 30.3 Å². The number of hydrogen-bond acceptors (Lipinski definition) is 2. The molecule has 2 rings (SSSR count). The number of anilines is 1. The van der Waals surface area contributed by atoms with E-state index in [1.807, 2.05) is 32.0 Å². The summed E-state index contributed by atoms with van der Waals surface area (Å²) in [5.41, 5.74) is 2.88. The molecule has 0 aliphatic carbocycles. The van der Waals surface area contributed by atoms with Crippen molar-refractivity contribution in [2.75, 3.05) is 5.32 Å². The number of hydrogen-bond donors (Lipinski definition) is 2. The molecule has 0 radical (unpaired) electrons. The Bertz CT molecular complexity index is 725. The third kappa shape index (κ3) is 3.42. The maximum Gasteiger partial charge on any atom is 0.313 e. The SMILES string of the molecule is Cc1cccc(C)c1C(=O)Nc1ccc(C(C)(C)C(=O)O)cc1. The van der Waals surface area contributed by atoms with Gasteiger partial charge in [-0.05, 0) is 56.5 Å². The molecule has 2 aromatic rings. The topological polar surface area (TPSA) is 66.4 Å². The first-order valence-corrected chi connectivity index (χ1v) is 7.45. The smallest absolute Gasteiger partial charge is 0.313 e. The van der Waals surface area contributed by atoms with Gasteiger partial charge in [0.2, 0.25) is 0 Å². The monoisotopic (exact) mass is 311 g/mol. The Morgan fingerprint density at radius 1 is 0.957 bits per heavy atom. The molecular weight excluding hydrogens is 290 g/mol. The number of nitrogens with one attached hydrogen (secondary N) is 1. The van der Waals surface area contributed by atoms with Gasteiger partial charge >= 0.3 is 5.97 Å². The van der Waals surface area contributed by atoms with Crippen molar-refractivity contribution in [3.63, 3.8) is 0 Å². The second kappa shape index (κ2) is 6.24. The molecule has 0 spiro atoms. The molecule has 0 saturated carbocycles. The zero-order valence-electron chi connectivity index (χ0n) is 13.8. The van der Waals surface area contributed by atoms with Crippen molar-refractivity contribution >= 4 is 17.6 Å². The van der Waals surface area contributed by atoms with Gasteiger partial charge in [-0.15, -0.1) is 0 Å². The van der Waals surface area contributed by atoms with Gasteiger partial charge < -0.3 is 10.4 Å². The van der Waals surface area contributed by atoms with Crippen molar-refractivity contribution in [2.45, 2.75) is 33.1 Å². The van der Waals surface area contributed by atoms with E-state index in [2.05, 4.69) is 5.32 Å². The van der Waals surface area contributed by atoms with Crippen LogP contribution in [0, 0.1) is 13.8 Å². The molecule has 2 N–H and O–H groups in total. The van der Waals surface area contributed by atoms with Crippen LogP contribution < -0.4 is 5.32 Å². The van der Waals surface area contributed by atoms with Gasteiger partial charge in [0.25, 0.3) is 5.91 Å². The van der Waals surface area contributed by atoms with Crippen molar-refractivity contribution < 1.29 is 14.7 Å².